The van der Waals surface area contributed by atoms with Crippen LogP contribution in [0.3, 0.4) is 0 Å². The number of hydrogen-bond acceptors (Lipinski definition) is 4. The normalized spacial score (nSPS) is 23.5. The molecular formula is C11H12N2O5. The molecule has 0 saturated carbocycles. The van der Waals surface area contributed by atoms with Crippen LogP contribution >= 0.6 is 0 Å². The molecule has 1 saturated heterocycles. The fraction of sp³-hybridized carbons (Fsp3) is 0.364. The zero-order valence-electron chi connectivity index (χ0n) is 9.37. The molecule has 3 N–H and O–H groups in total. The van der Waals surface area contributed by atoms with E-state index in [0.717, 1.165) is 16.8 Å². The minimum atomic E-state index is -1.17. The van der Waals surface area contributed by atoms with Crippen molar-refractivity contribution in [3.63, 3.8) is 0 Å². The summed E-state index contributed by atoms with van der Waals surface area (Å²) in [6.07, 6.45) is 0.843. The number of aliphatic hydroxyl groups excluding tert-OH is 1. The van der Waals surface area contributed by atoms with Gasteiger partial charge < -0.3 is 20.1 Å². The number of aromatic carboxylic acids is 1. The lowest BCUT2D eigenvalue weighted by molar-refractivity contribution is -0.130. The second-order valence-corrected chi connectivity index (χ2v) is 4.09. The van der Waals surface area contributed by atoms with Crippen molar-refractivity contribution < 1.29 is 19.8 Å². The third kappa shape index (κ3) is 2.25. The number of amides is 1. The Morgan fingerprint density at radius 3 is 2.67 bits per heavy atom. The molecule has 0 bridgehead atoms. The molecule has 0 aliphatic carbocycles. The van der Waals surface area contributed by atoms with Crippen LogP contribution in [0.2, 0.25) is 0 Å². The maximum absolute atomic E-state index is 11.7. The van der Waals surface area contributed by atoms with Gasteiger partial charge in [0.05, 0.1) is 5.56 Å². The van der Waals surface area contributed by atoms with Crippen molar-refractivity contribution >= 4 is 11.9 Å². The van der Waals surface area contributed by atoms with Crippen LogP contribution in [0.1, 0.15) is 29.2 Å². The summed E-state index contributed by atoms with van der Waals surface area (Å²) >= 11 is 0. The monoisotopic (exact) mass is 252 g/mol. The molecule has 1 fully saturated rings. The molecule has 1 aliphatic rings. The van der Waals surface area contributed by atoms with E-state index >= 15 is 0 Å². The molecule has 1 amide bonds. The van der Waals surface area contributed by atoms with Gasteiger partial charge in [-0.25, -0.2) is 4.79 Å². The minimum absolute atomic E-state index is 0.0616. The Morgan fingerprint density at radius 1 is 1.33 bits per heavy atom. The molecule has 96 valence electrons. The Balaban J connectivity index is 2.38. The Bertz CT molecular complexity index is 551. The van der Waals surface area contributed by atoms with Crippen LogP contribution in [-0.4, -0.2) is 32.9 Å². The number of carbonyl (C=O) groups is 2. The largest absolute Gasteiger partial charge is 0.478 e. The second-order valence-electron chi connectivity index (χ2n) is 4.09. The van der Waals surface area contributed by atoms with E-state index in [1.54, 1.807) is 0 Å². The molecule has 0 spiro atoms. The van der Waals surface area contributed by atoms with Crippen LogP contribution in [0.4, 0.5) is 0 Å². The highest BCUT2D eigenvalue weighted by atomic mass is 16.4. The van der Waals surface area contributed by atoms with E-state index in [9.17, 15) is 19.5 Å². The third-order valence-electron chi connectivity index (χ3n) is 2.85. The van der Waals surface area contributed by atoms with Gasteiger partial charge in [0.15, 0.2) is 0 Å². The van der Waals surface area contributed by atoms with Crippen LogP contribution in [0, 0.1) is 0 Å². The Hall–Kier alpha value is -2.15. The molecule has 1 aromatic heterocycles. The average Bonchev–Trinajstić information content (AvgIpc) is 2.30. The van der Waals surface area contributed by atoms with Crippen molar-refractivity contribution in [1.82, 2.24) is 9.88 Å². The summed E-state index contributed by atoms with van der Waals surface area (Å²) < 4.78 is 1.09. The van der Waals surface area contributed by atoms with Gasteiger partial charge >= 0.3 is 5.97 Å². The number of carbonyl (C=O) groups excluding carboxylic acids is 1. The molecule has 2 atom stereocenters. The summed E-state index contributed by atoms with van der Waals surface area (Å²) in [5.74, 6) is -1.65. The second kappa shape index (κ2) is 4.61. The highest BCUT2D eigenvalue weighted by Crippen LogP contribution is 2.18. The average molecular weight is 252 g/mol. The van der Waals surface area contributed by atoms with Crippen LogP contribution in [-0.2, 0) is 4.79 Å². The van der Waals surface area contributed by atoms with Crippen molar-refractivity contribution in [3.05, 3.63) is 34.2 Å². The third-order valence-corrected chi connectivity index (χ3v) is 2.85. The SMILES string of the molecule is O=C(O)c1ccc(=O)n(C2CCC(O)NC2=O)c1. The molecule has 18 heavy (non-hydrogen) atoms. The first-order valence-electron chi connectivity index (χ1n) is 5.43. The number of pyridine rings is 1. The highest BCUT2D eigenvalue weighted by molar-refractivity contribution is 5.87. The van der Waals surface area contributed by atoms with Gasteiger partial charge in [-0.2, -0.15) is 0 Å². The molecule has 1 aliphatic heterocycles. The summed E-state index contributed by atoms with van der Waals surface area (Å²) in [5, 5.41) is 20.4. The van der Waals surface area contributed by atoms with Crippen LogP contribution in [0.15, 0.2) is 23.1 Å². The van der Waals surface area contributed by atoms with Gasteiger partial charge in [0, 0.05) is 12.3 Å². The van der Waals surface area contributed by atoms with E-state index in [1.807, 2.05) is 0 Å². The summed E-state index contributed by atoms with van der Waals surface area (Å²) in [6.45, 7) is 0. The summed E-state index contributed by atoms with van der Waals surface area (Å²) in [6, 6.07) is 1.53. The lowest BCUT2D eigenvalue weighted by atomic mass is 10.0. The molecule has 0 aromatic carbocycles. The fourth-order valence-electron chi connectivity index (χ4n) is 1.92. The first-order chi connectivity index (χ1) is 8.49. The number of carboxylic acids is 1. The first-order valence-corrected chi connectivity index (χ1v) is 5.43. The highest BCUT2D eigenvalue weighted by Gasteiger charge is 2.28. The predicted molar refractivity (Wildman–Crippen MR) is 60.1 cm³/mol. The number of rotatable bonds is 2. The van der Waals surface area contributed by atoms with Crippen molar-refractivity contribution in [3.8, 4) is 0 Å². The van der Waals surface area contributed by atoms with Crippen molar-refractivity contribution in [2.75, 3.05) is 0 Å². The minimum Gasteiger partial charge on any atom is -0.478 e. The maximum Gasteiger partial charge on any atom is 0.337 e. The predicted octanol–water partition coefficient (Wildman–Crippen LogP) is -0.684. The molecule has 2 unspecified atom stereocenters. The Kier molecular flexibility index (Phi) is 3.15. The molecule has 1 aromatic rings. The Labute approximate surface area is 102 Å². The molecule has 7 heteroatoms. The van der Waals surface area contributed by atoms with Gasteiger partial charge in [-0.05, 0) is 18.9 Å². The van der Waals surface area contributed by atoms with E-state index in [-0.39, 0.29) is 12.0 Å². The van der Waals surface area contributed by atoms with Gasteiger partial charge in [-0.1, -0.05) is 0 Å². The lowest BCUT2D eigenvalue weighted by Crippen LogP contribution is -2.46. The summed E-state index contributed by atoms with van der Waals surface area (Å²) in [4.78, 5) is 34.1. The molecule has 0 radical (unpaired) electrons. The van der Waals surface area contributed by atoms with Crippen LogP contribution < -0.4 is 10.9 Å². The van der Waals surface area contributed by atoms with Gasteiger partial charge in [0.1, 0.15) is 12.3 Å². The topological polar surface area (TPSA) is 109 Å². The van der Waals surface area contributed by atoms with E-state index in [1.165, 1.54) is 6.07 Å². The van der Waals surface area contributed by atoms with Crippen LogP contribution in [0.5, 0.6) is 0 Å². The first kappa shape index (κ1) is 12.3. The Morgan fingerprint density at radius 2 is 2.06 bits per heavy atom. The van der Waals surface area contributed by atoms with E-state index in [2.05, 4.69) is 5.32 Å². The number of hydrogen-bond donors (Lipinski definition) is 3. The summed E-state index contributed by atoms with van der Waals surface area (Å²) in [5.41, 5.74) is -0.509. The zero-order valence-corrected chi connectivity index (χ0v) is 9.37. The van der Waals surface area contributed by atoms with Gasteiger partial charge in [-0.15, -0.1) is 0 Å². The van der Waals surface area contributed by atoms with E-state index in [4.69, 9.17) is 5.11 Å². The van der Waals surface area contributed by atoms with Crippen molar-refractivity contribution in [1.29, 1.82) is 0 Å². The number of piperidine rings is 1. The molecule has 7 nitrogen and oxygen atoms in total. The van der Waals surface area contributed by atoms with Gasteiger partial charge in [-0.3, -0.25) is 9.59 Å². The number of carboxylic acid groups (broad SMARTS) is 1. The number of nitrogens with zero attached hydrogens (tertiary/aromatic N) is 1. The smallest absolute Gasteiger partial charge is 0.337 e. The molecule has 2 rings (SSSR count). The van der Waals surface area contributed by atoms with Gasteiger partial charge in [0.25, 0.3) is 5.56 Å². The maximum atomic E-state index is 11.7. The number of aliphatic hydroxyl groups is 1. The van der Waals surface area contributed by atoms with E-state index in [0.29, 0.717) is 6.42 Å². The lowest BCUT2D eigenvalue weighted by Gasteiger charge is -2.27. The summed E-state index contributed by atoms with van der Waals surface area (Å²) in [7, 11) is 0. The zero-order chi connectivity index (χ0) is 13.3. The quantitative estimate of drug-likeness (QED) is 0.646. The number of aromatic nitrogens is 1. The van der Waals surface area contributed by atoms with E-state index < -0.39 is 29.7 Å². The molecular weight excluding hydrogens is 240 g/mol. The fourth-order valence-corrected chi connectivity index (χ4v) is 1.92. The molecule has 2 heterocycles. The number of nitrogens with one attached hydrogen (secondary N) is 1. The van der Waals surface area contributed by atoms with Gasteiger partial charge in [0.2, 0.25) is 5.91 Å². The standard InChI is InChI=1S/C11H12N2O5/c14-8-3-2-7(10(16)12-8)13-5-6(11(17)18)1-4-9(13)15/h1,4-5,7-8,14H,2-3H2,(H,12,16)(H,17,18). The van der Waals surface area contributed by atoms with Crippen molar-refractivity contribution in [2.24, 2.45) is 0 Å². The van der Waals surface area contributed by atoms with Crippen molar-refractivity contribution in [2.45, 2.75) is 25.1 Å². The van der Waals surface area contributed by atoms with Crippen LogP contribution in [0.25, 0.3) is 0 Å².